The van der Waals surface area contributed by atoms with Crippen LogP contribution in [0.5, 0.6) is 0 Å². The van der Waals surface area contributed by atoms with Gasteiger partial charge in [-0.25, -0.2) is 0 Å². The lowest BCUT2D eigenvalue weighted by Crippen LogP contribution is -1.75. The second-order valence-electron chi connectivity index (χ2n) is 3.35. The monoisotopic (exact) mass is 208 g/mol. The lowest BCUT2D eigenvalue weighted by Gasteiger charge is -1.97. The van der Waals surface area contributed by atoms with Gasteiger partial charge in [0.05, 0.1) is 11.4 Å². The minimum Gasteiger partial charge on any atom is -0.151 e. The molecule has 0 amide bonds. The van der Waals surface area contributed by atoms with E-state index in [0.717, 1.165) is 11.3 Å². The maximum absolute atomic E-state index is 4.11. The highest BCUT2D eigenvalue weighted by Crippen LogP contribution is 2.17. The molecule has 0 heterocycles. The molecule has 0 bridgehead atoms. The van der Waals surface area contributed by atoms with E-state index in [0.29, 0.717) is 5.70 Å². The molecule has 2 aromatic rings. The molecule has 78 valence electrons. The fourth-order valence-corrected chi connectivity index (χ4v) is 1.30. The number of rotatable bonds is 3. The van der Waals surface area contributed by atoms with Crippen molar-refractivity contribution < 1.29 is 0 Å². The molecule has 0 aliphatic rings. The molecule has 0 aliphatic carbocycles. The summed E-state index contributed by atoms with van der Waals surface area (Å²) < 4.78 is 0. The van der Waals surface area contributed by atoms with Crippen molar-refractivity contribution in [3.63, 3.8) is 0 Å². The third-order valence-corrected chi connectivity index (χ3v) is 2.15. The molecule has 0 fully saturated rings. The van der Waals surface area contributed by atoms with E-state index < -0.39 is 0 Å². The molecule has 2 rings (SSSR count). The number of hydrogen-bond acceptors (Lipinski definition) is 2. The number of nitrogens with zero attached hydrogens (tertiary/aromatic N) is 2. The van der Waals surface area contributed by atoms with Crippen LogP contribution in [0.15, 0.2) is 77.5 Å². The first-order valence-electron chi connectivity index (χ1n) is 5.07. The first kappa shape index (κ1) is 10.3. The average Bonchev–Trinajstić information content (AvgIpc) is 2.38. The Morgan fingerprint density at radius 2 is 1.38 bits per heavy atom. The number of benzene rings is 2. The fourth-order valence-electron chi connectivity index (χ4n) is 1.30. The van der Waals surface area contributed by atoms with Gasteiger partial charge in [-0.05, 0) is 12.1 Å². The standard InChI is InChI=1S/C14H12N2/c1-12(13-8-4-2-5-9-13)15-16-14-10-6-3-7-11-14/h2-11H,1H2. The molecule has 0 N–H and O–H groups in total. The van der Waals surface area contributed by atoms with Crippen LogP contribution in [0.1, 0.15) is 5.56 Å². The lowest BCUT2D eigenvalue weighted by molar-refractivity contribution is 1.24. The van der Waals surface area contributed by atoms with Crippen molar-refractivity contribution in [1.82, 2.24) is 0 Å². The van der Waals surface area contributed by atoms with Crippen LogP contribution in [0.25, 0.3) is 5.70 Å². The van der Waals surface area contributed by atoms with Gasteiger partial charge in [0, 0.05) is 5.56 Å². The van der Waals surface area contributed by atoms with Crippen LogP contribution in [0.3, 0.4) is 0 Å². The van der Waals surface area contributed by atoms with Crippen molar-refractivity contribution in [2.75, 3.05) is 0 Å². The number of hydrogen-bond donors (Lipinski definition) is 0. The van der Waals surface area contributed by atoms with Gasteiger partial charge in [-0.3, -0.25) is 0 Å². The van der Waals surface area contributed by atoms with Gasteiger partial charge in [0.15, 0.2) is 0 Å². The van der Waals surface area contributed by atoms with Gasteiger partial charge in [0.25, 0.3) is 0 Å². The minimum atomic E-state index is 0.671. The van der Waals surface area contributed by atoms with E-state index in [9.17, 15) is 0 Å². The van der Waals surface area contributed by atoms with Crippen LogP contribution < -0.4 is 0 Å². The third kappa shape index (κ3) is 2.64. The Morgan fingerprint density at radius 3 is 2.00 bits per heavy atom. The topological polar surface area (TPSA) is 24.7 Å². The van der Waals surface area contributed by atoms with E-state index in [1.807, 2.05) is 60.7 Å². The highest BCUT2D eigenvalue weighted by molar-refractivity contribution is 5.61. The Morgan fingerprint density at radius 1 is 0.812 bits per heavy atom. The van der Waals surface area contributed by atoms with E-state index >= 15 is 0 Å². The summed E-state index contributed by atoms with van der Waals surface area (Å²) in [6, 6.07) is 19.4. The quantitative estimate of drug-likeness (QED) is 0.666. The van der Waals surface area contributed by atoms with Gasteiger partial charge < -0.3 is 0 Å². The van der Waals surface area contributed by atoms with Gasteiger partial charge in [-0.2, -0.15) is 10.2 Å². The van der Waals surface area contributed by atoms with E-state index in [4.69, 9.17) is 0 Å². The molecule has 2 nitrogen and oxygen atoms in total. The van der Waals surface area contributed by atoms with Crippen molar-refractivity contribution in [3.05, 3.63) is 72.8 Å². The molecule has 0 aromatic heterocycles. The molecule has 16 heavy (non-hydrogen) atoms. The van der Waals surface area contributed by atoms with Crippen LogP contribution in [0, 0.1) is 0 Å². The molecule has 0 saturated carbocycles. The van der Waals surface area contributed by atoms with Crippen LogP contribution in [-0.4, -0.2) is 0 Å². The summed E-state index contributed by atoms with van der Waals surface area (Å²) in [5.41, 5.74) is 2.49. The summed E-state index contributed by atoms with van der Waals surface area (Å²) in [7, 11) is 0. The summed E-state index contributed by atoms with van der Waals surface area (Å²) in [5, 5.41) is 8.20. The first-order valence-corrected chi connectivity index (χ1v) is 5.07. The van der Waals surface area contributed by atoms with E-state index in [-0.39, 0.29) is 0 Å². The molecule has 0 saturated heterocycles. The predicted octanol–water partition coefficient (Wildman–Crippen LogP) is 4.44. The van der Waals surface area contributed by atoms with Crippen LogP contribution in [-0.2, 0) is 0 Å². The molecule has 2 aromatic carbocycles. The van der Waals surface area contributed by atoms with Gasteiger partial charge in [-0.1, -0.05) is 55.1 Å². The Hall–Kier alpha value is -2.22. The van der Waals surface area contributed by atoms with Gasteiger partial charge in [-0.15, -0.1) is 0 Å². The third-order valence-electron chi connectivity index (χ3n) is 2.15. The second-order valence-corrected chi connectivity index (χ2v) is 3.35. The Bertz CT molecular complexity index is 487. The lowest BCUT2D eigenvalue weighted by atomic mass is 10.2. The summed E-state index contributed by atoms with van der Waals surface area (Å²) in [4.78, 5) is 0. The Labute approximate surface area is 95.0 Å². The molecule has 0 unspecified atom stereocenters. The highest BCUT2D eigenvalue weighted by atomic mass is 15.1. The van der Waals surface area contributed by atoms with E-state index in [1.54, 1.807) is 0 Å². The van der Waals surface area contributed by atoms with Crippen LogP contribution in [0.2, 0.25) is 0 Å². The van der Waals surface area contributed by atoms with E-state index in [1.165, 1.54) is 0 Å². The molecular formula is C14H12N2. The fraction of sp³-hybridized carbons (Fsp3) is 0. The van der Waals surface area contributed by atoms with Crippen LogP contribution in [0.4, 0.5) is 5.69 Å². The zero-order valence-corrected chi connectivity index (χ0v) is 8.88. The minimum absolute atomic E-state index is 0.671. The summed E-state index contributed by atoms with van der Waals surface area (Å²) in [6.45, 7) is 3.88. The smallest absolute Gasteiger partial charge is 0.0857 e. The van der Waals surface area contributed by atoms with Gasteiger partial charge in [0.1, 0.15) is 0 Å². The van der Waals surface area contributed by atoms with E-state index in [2.05, 4.69) is 16.8 Å². The molecule has 0 radical (unpaired) electrons. The summed E-state index contributed by atoms with van der Waals surface area (Å²) >= 11 is 0. The molecular weight excluding hydrogens is 196 g/mol. The summed E-state index contributed by atoms with van der Waals surface area (Å²) in [5.74, 6) is 0. The van der Waals surface area contributed by atoms with Crippen molar-refractivity contribution in [3.8, 4) is 0 Å². The van der Waals surface area contributed by atoms with Crippen molar-refractivity contribution in [2.24, 2.45) is 10.2 Å². The first-order chi connectivity index (χ1) is 7.86. The SMILES string of the molecule is C=C(N=Nc1ccccc1)c1ccccc1. The Balaban J connectivity index is 2.12. The van der Waals surface area contributed by atoms with Crippen LogP contribution >= 0.6 is 0 Å². The van der Waals surface area contributed by atoms with Crippen molar-refractivity contribution in [2.45, 2.75) is 0 Å². The maximum atomic E-state index is 4.11. The predicted molar refractivity (Wildman–Crippen MR) is 66.4 cm³/mol. The molecule has 0 atom stereocenters. The molecule has 2 heteroatoms. The zero-order valence-electron chi connectivity index (χ0n) is 8.88. The normalized spacial score (nSPS) is 10.5. The summed E-state index contributed by atoms with van der Waals surface area (Å²) in [6.07, 6.45) is 0. The van der Waals surface area contributed by atoms with Gasteiger partial charge >= 0.3 is 0 Å². The second kappa shape index (κ2) is 5.03. The van der Waals surface area contributed by atoms with Gasteiger partial charge in [0.2, 0.25) is 0 Å². The highest BCUT2D eigenvalue weighted by Gasteiger charge is 1.94. The Kier molecular flexibility index (Phi) is 3.24. The number of azo groups is 1. The zero-order chi connectivity index (χ0) is 11.2. The molecule has 0 spiro atoms. The molecule has 0 aliphatic heterocycles. The maximum Gasteiger partial charge on any atom is 0.0857 e. The largest absolute Gasteiger partial charge is 0.151 e. The van der Waals surface area contributed by atoms with Crippen molar-refractivity contribution >= 4 is 11.4 Å². The van der Waals surface area contributed by atoms with Crippen molar-refractivity contribution in [1.29, 1.82) is 0 Å². The average molecular weight is 208 g/mol.